The van der Waals surface area contributed by atoms with Gasteiger partial charge in [-0.3, -0.25) is 39.4 Å². The van der Waals surface area contributed by atoms with E-state index in [0.29, 0.717) is 5.57 Å². The van der Waals surface area contributed by atoms with Gasteiger partial charge in [0.05, 0.1) is 34.5 Å². The Labute approximate surface area is 261 Å². The van der Waals surface area contributed by atoms with Crippen molar-refractivity contribution in [1.82, 2.24) is 0 Å². The van der Waals surface area contributed by atoms with E-state index in [9.17, 15) is 44.5 Å². The van der Waals surface area contributed by atoms with E-state index in [4.69, 9.17) is 4.74 Å². The molecule has 14 nitrogen and oxygen atoms in total. The molecule has 0 bridgehead atoms. The molecule has 14 heteroatoms. The van der Waals surface area contributed by atoms with E-state index in [-0.39, 0.29) is 58.0 Å². The number of allylic oxidation sites excluding steroid dienone is 6. The Balaban J connectivity index is 1.51. The van der Waals surface area contributed by atoms with E-state index in [0.717, 1.165) is 17.0 Å². The Hall–Kier alpha value is -5.66. The highest BCUT2D eigenvalue weighted by molar-refractivity contribution is 6.25. The van der Waals surface area contributed by atoms with Gasteiger partial charge < -0.3 is 14.7 Å². The smallest absolute Gasteiger partial charge is 0.301 e. The highest BCUT2D eigenvalue weighted by Gasteiger charge is 2.57. The van der Waals surface area contributed by atoms with E-state index in [1.165, 1.54) is 45.2 Å². The lowest BCUT2D eigenvalue weighted by Crippen LogP contribution is -2.40. The van der Waals surface area contributed by atoms with Crippen molar-refractivity contribution in [2.75, 3.05) is 31.0 Å². The van der Waals surface area contributed by atoms with Crippen molar-refractivity contribution >= 4 is 46.1 Å². The predicted octanol–water partition coefficient (Wildman–Crippen LogP) is 3.92. The zero-order valence-electron chi connectivity index (χ0n) is 25.2. The van der Waals surface area contributed by atoms with E-state index in [1.54, 1.807) is 18.2 Å². The van der Waals surface area contributed by atoms with E-state index >= 15 is 0 Å². The molecule has 0 radical (unpaired) electrons. The second kappa shape index (κ2) is 10.8. The molecule has 0 aromatic heterocycles. The molecule has 1 N–H and O–H groups in total. The van der Waals surface area contributed by atoms with Gasteiger partial charge in [-0.15, -0.1) is 0 Å². The third-order valence-corrected chi connectivity index (χ3v) is 9.27. The Morgan fingerprint density at radius 2 is 1.65 bits per heavy atom. The first-order chi connectivity index (χ1) is 21.8. The molecule has 2 amide bonds. The zero-order chi connectivity index (χ0) is 33.4. The number of Topliss-reactive ketones (excluding diaryl/α,β-unsaturated/α-hetero) is 1. The van der Waals surface area contributed by atoms with Crippen LogP contribution in [0, 0.1) is 38.0 Å². The Morgan fingerprint density at radius 3 is 2.24 bits per heavy atom. The summed E-state index contributed by atoms with van der Waals surface area (Å²) in [5, 5.41) is 35.0. The number of nitro benzene ring substituents is 2. The number of ether oxygens (including phenoxy) is 1. The predicted molar refractivity (Wildman–Crippen MR) is 163 cm³/mol. The first kappa shape index (κ1) is 30.4. The minimum atomic E-state index is -1.05. The van der Waals surface area contributed by atoms with E-state index < -0.39 is 68.3 Å². The molecule has 2 aromatic rings. The minimum absolute atomic E-state index is 0.0444. The van der Waals surface area contributed by atoms with Crippen LogP contribution >= 0.6 is 0 Å². The maximum Gasteiger partial charge on any atom is 0.301 e. The number of nitrogens with zero attached hydrogens (tertiary/aromatic N) is 4. The number of anilines is 2. The van der Waals surface area contributed by atoms with Crippen LogP contribution in [0.1, 0.15) is 31.2 Å². The molecule has 2 aromatic carbocycles. The number of nitro groups is 2. The fourth-order valence-electron chi connectivity index (χ4n) is 7.42. The molecule has 6 rings (SSSR count). The van der Waals surface area contributed by atoms with Crippen molar-refractivity contribution in [2.45, 2.75) is 25.7 Å². The number of fused-ring (bicyclic) bond motifs is 3. The second-order valence-corrected chi connectivity index (χ2v) is 11.9. The molecule has 1 aliphatic heterocycles. The molecule has 3 aliphatic carbocycles. The van der Waals surface area contributed by atoms with Crippen LogP contribution in [0.5, 0.6) is 11.5 Å². The van der Waals surface area contributed by atoms with Gasteiger partial charge in [0, 0.05) is 54.4 Å². The number of aromatic hydroxyl groups is 1. The van der Waals surface area contributed by atoms with Crippen LogP contribution in [0.4, 0.5) is 22.7 Å². The normalized spacial score (nSPS) is 23.8. The Kier molecular flexibility index (Phi) is 7.10. The molecule has 1 fully saturated rings. The summed E-state index contributed by atoms with van der Waals surface area (Å²) >= 11 is 0. The highest BCUT2D eigenvalue weighted by atomic mass is 16.6. The van der Waals surface area contributed by atoms with Crippen LogP contribution in [0.3, 0.4) is 0 Å². The molecule has 0 unspecified atom stereocenters. The average Bonchev–Trinajstić information content (AvgIpc) is 3.27. The maximum absolute atomic E-state index is 14.3. The number of benzene rings is 2. The van der Waals surface area contributed by atoms with Crippen molar-refractivity contribution in [1.29, 1.82) is 0 Å². The topological polar surface area (TPSA) is 190 Å². The van der Waals surface area contributed by atoms with Crippen molar-refractivity contribution in [3.63, 3.8) is 0 Å². The number of methoxy groups -OCH3 is 1. The monoisotopic (exact) mass is 628 g/mol. The maximum atomic E-state index is 14.3. The molecular weight excluding hydrogens is 600 g/mol. The summed E-state index contributed by atoms with van der Waals surface area (Å²) in [4.78, 5) is 79.5. The lowest BCUT2D eigenvalue weighted by Gasteiger charge is -2.42. The van der Waals surface area contributed by atoms with Gasteiger partial charge in [0.1, 0.15) is 11.5 Å². The van der Waals surface area contributed by atoms with Crippen molar-refractivity contribution in [3.8, 4) is 11.5 Å². The number of ketones is 2. The number of hydrogen-bond acceptors (Lipinski definition) is 11. The minimum Gasteiger partial charge on any atom is -0.507 e. The van der Waals surface area contributed by atoms with Gasteiger partial charge in [0.2, 0.25) is 11.8 Å². The highest BCUT2D eigenvalue weighted by Crippen LogP contribution is 2.58. The van der Waals surface area contributed by atoms with Gasteiger partial charge in [-0.2, -0.15) is 0 Å². The molecule has 1 heterocycles. The van der Waals surface area contributed by atoms with Gasteiger partial charge >= 0.3 is 11.4 Å². The third-order valence-electron chi connectivity index (χ3n) is 9.27. The van der Waals surface area contributed by atoms with Gasteiger partial charge in [0.15, 0.2) is 17.3 Å². The molecular formula is C32H28N4O10. The van der Waals surface area contributed by atoms with Crippen molar-refractivity contribution in [3.05, 3.63) is 90.6 Å². The van der Waals surface area contributed by atoms with Gasteiger partial charge in [0.25, 0.3) is 0 Å². The Morgan fingerprint density at radius 1 is 1.00 bits per heavy atom. The lowest BCUT2D eigenvalue weighted by atomic mass is 9.59. The fraction of sp³-hybridized carbons (Fsp3) is 0.312. The molecule has 0 spiro atoms. The molecule has 1 saturated heterocycles. The number of imide groups is 1. The summed E-state index contributed by atoms with van der Waals surface area (Å²) in [6, 6.07) is 6.53. The number of phenolic OH excluding ortho intramolecular Hbond substituents is 1. The fourth-order valence-corrected chi connectivity index (χ4v) is 7.42. The molecule has 46 heavy (non-hydrogen) atoms. The van der Waals surface area contributed by atoms with Crippen LogP contribution in [0.25, 0.3) is 0 Å². The number of carbonyl (C=O) groups excluding carboxylic acids is 4. The standard InChI is InChI=1S/C32H28N4O10/c1-14-10-23(38)26-19(30(14)39)13-18-16(27(26)28-22(37)6-5-7-24(28)46-4)8-9-17-25(18)32(41)34(31(17)40)15-11-20(35(42)43)29(33(2)3)21(12-15)36(44)45/h5-8,10-12,17-18,25,27,37H,9,13H2,1-4H3/t17-,18+,25-,27-/m0/s1. The molecule has 4 aliphatic rings. The average molecular weight is 629 g/mol. The van der Waals surface area contributed by atoms with Gasteiger partial charge in [-0.25, -0.2) is 4.90 Å². The van der Waals surface area contributed by atoms with E-state index in [2.05, 4.69) is 0 Å². The van der Waals surface area contributed by atoms with Crippen LogP contribution in [-0.2, 0) is 19.2 Å². The quantitative estimate of drug-likeness (QED) is 0.160. The number of hydrogen-bond donors (Lipinski definition) is 1. The first-order valence-corrected chi connectivity index (χ1v) is 14.4. The molecule has 4 atom stereocenters. The van der Waals surface area contributed by atoms with Gasteiger partial charge in [-0.1, -0.05) is 17.7 Å². The van der Waals surface area contributed by atoms with Crippen LogP contribution in [0.15, 0.2) is 64.8 Å². The van der Waals surface area contributed by atoms with Crippen LogP contribution in [-0.4, -0.2) is 59.5 Å². The van der Waals surface area contributed by atoms with Gasteiger partial charge in [-0.05, 0) is 43.9 Å². The van der Waals surface area contributed by atoms with E-state index in [1.807, 2.05) is 0 Å². The summed E-state index contributed by atoms with van der Waals surface area (Å²) < 4.78 is 5.54. The molecule has 0 saturated carbocycles. The van der Waals surface area contributed by atoms with Crippen molar-refractivity contribution in [2.24, 2.45) is 17.8 Å². The summed E-state index contributed by atoms with van der Waals surface area (Å²) in [6.07, 6.45) is 2.99. The summed E-state index contributed by atoms with van der Waals surface area (Å²) in [6.45, 7) is 1.51. The summed E-state index contributed by atoms with van der Waals surface area (Å²) in [5.74, 6) is -5.91. The van der Waals surface area contributed by atoms with Crippen LogP contribution in [0.2, 0.25) is 0 Å². The number of carbonyl (C=O) groups is 4. The lowest BCUT2D eigenvalue weighted by molar-refractivity contribution is -0.392. The Bertz CT molecular complexity index is 1870. The van der Waals surface area contributed by atoms with Crippen LogP contribution < -0.4 is 14.5 Å². The third kappa shape index (κ3) is 4.31. The summed E-state index contributed by atoms with van der Waals surface area (Å²) in [5.41, 5.74) is -0.590. The SMILES string of the molecule is COc1cccc(O)c1[C@H]1C2=CC[C@@H]3C(=O)N(c4cc([N+](=O)[O-])c(N(C)C)c([N+](=O)[O-])c4)C(=O)[C@@H]3[C@@H]2CC2=C1C(=O)C=C(C)C2=O. The summed E-state index contributed by atoms with van der Waals surface area (Å²) in [7, 11) is 4.20. The van der Waals surface area contributed by atoms with Crippen molar-refractivity contribution < 1.29 is 38.9 Å². The zero-order valence-corrected chi connectivity index (χ0v) is 25.2. The molecule has 236 valence electrons. The number of phenols is 1. The number of rotatable bonds is 6. The first-order valence-electron chi connectivity index (χ1n) is 14.4. The second-order valence-electron chi connectivity index (χ2n) is 11.9. The largest absolute Gasteiger partial charge is 0.507 e. The number of amides is 2.